The first-order valence-electron chi connectivity index (χ1n) is 8.63. The molecule has 0 bridgehead atoms. The molecule has 1 unspecified atom stereocenters. The van der Waals surface area contributed by atoms with Gasteiger partial charge in [0.2, 0.25) is 11.8 Å². The van der Waals surface area contributed by atoms with Gasteiger partial charge in [-0.15, -0.1) is 0 Å². The zero-order chi connectivity index (χ0) is 16.9. The van der Waals surface area contributed by atoms with Crippen molar-refractivity contribution in [1.29, 1.82) is 0 Å². The molecule has 2 amide bonds. The van der Waals surface area contributed by atoms with Gasteiger partial charge in [0, 0.05) is 13.1 Å². The lowest BCUT2D eigenvalue weighted by Crippen LogP contribution is -2.53. The van der Waals surface area contributed by atoms with E-state index in [0.717, 1.165) is 31.5 Å². The number of nitrogens with zero attached hydrogens (tertiary/aromatic N) is 2. The van der Waals surface area contributed by atoms with Crippen molar-refractivity contribution >= 4 is 11.8 Å². The van der Waals surface area contributed by atoms with Gasteiger partial charge in [0.15, 0.2) is 0 Å². The number of likely N-dealkylation sites (tertiary alicyclic amines) is 1. The smallest absolute Gasteiger partial charge is 0.239 e. The molecule has 24 heavy (non-hydrogen) atoms. The van der Waals surface area contributed by atoms with Crippen LogP contribution in [0.3, 0.4) is 0 Å². The number of piperazine rings is 1. The van der Waals surface area contributed by atoms with E-state index in [0.29, 0.717) is 19.6 Å². The van der Waals surface area contributed by atoms with E-state index in [1.165, 1.54) is 0 Å². The summed E-state index contributed by atoms with van der Waals surface area (Å²) in [7, 11) is 0. The maximum Gasteiger partial charge on any atom is 0.239 e. The summed E-state index contributed by atoms with van der Waals surface area (Å²) >= 11 is 0. The summed E-state index contributed by atoms with van der Waals surface area (Å²) < 4.78 is 0. The molecule has 2 aliphatic heterocycles. The van der Waals surface area contributed by atoms with Crippen LogP contribution in [0.4, 0.5) is 0 Å². The summed E-state index contributed by atoms with van der Waals surface area (Å²) in [4.78, 5) is 27.4. The van der Waals surface area contributed by atoms with Crippen molar-refractivity contribution in [2.75, 3.05) is 39.3 Å². The van der Waals surface area contributed by atoms with Crippen LogP contribution in [-0.2, 0) is 9.59 Å². The van der Waals surface area contributed by atoms with Gasteiger partial charge in [-0.05, 0) is 37.4 Å². The maximum absolute atomic E-state index is 12.3. The van der Waals surface area contributed by atoms with Gasteiger partial charge < -0.3 is 15.3 Å². The molecule has 6 heteroatoms. The third-order valence-electron chi connectivity index (χ3n) is 4.97. The highest BCUT2D eigenvalue weighted by molar-refractivity contribution is 5.86. The molecule has 0 aromatic heterocycles. The normalized spacial score (nSPS) is 21.4. The van der Waals surface area contributed by atoms with Crippen LogP contribution in [0, 0.1) is 5.92 Å². The second-order valence-electron chi connectivity index (χ2n) is 6.63. The third-order valence-corrected chi connectivity index (χ3v) is 4.97. The van der Waals surface area contributed by atoms with Crippen LogP contribution in [0.15, 0.2) is 30.3 Å². The van der Waals surface area contributed by atoms with E-state index in [1.807, 2.05) is 30.3 Å². The van der Waals surface area contributed by atoms with Gasteiger partial charge in [-0.3, -0.25) is 14.5 Å². The molecule has 0 aliphatic carbocycles. The average Bonchev–Trinajstić information content (AvgIpc) is 2.62. The van der Waals surface area contributed by atoms with Crippen molar-refractivity contribution in [3.05, 3.63) is 35.9 Å². The van der Waals surface area contributed by atoms with Crippen LogP contribution >= 0.6 is 0 Å². The predicted molar refractivity (Wildman–Crippen MR) is 90.2 cm³/mol. The Bertz CT molecular complexity index is 570. The van der Waals surface area contributed by atoms with Gasteiger partial charge in [0.25, 0.3) is 0 Å². The molecule has 130 valence electrons. The zero-order valence-corrected chi connectivity index (χ0v) is 13.9. The molecule has 1 aromatic carbocycles. The number of carbonyl (C=O) groups excluding carboxylic acids is 2. The number of nitrogens with one attached hydrogen (secondary N) is 1. The van der Waals surface area contributed by atoms with Gasteiger partial charge in [-0.25, -0.2) is 0 Å². The minimum Gasteiger partial charge on any atom is -0.388 e. The molecular formula is C18H25N3O3. The van der Waals surface area contributed by atoms with Gasteiger partial charge in [0.1, 0.15) is 0 Å². The van der Waals surface area contributed by atoms with Crippen molar-refractivity contribution in [3.63, 3.8) is 0 Å². The van der Waals surface area contributed by atoms with Gasteiger partial charge in [-0.1, -0.05) is 30.3 Å². The fourth-order valence-corrected chi connectivity index (χ4v) is 3.49. The number of amides is 2. The molecule has 2 saturated heterocycles. The maximum atomic E-state index is 12.3. The van der Waals surface area contributed by atoms with Crippen LogP contribution < -0.4 is 5.32 Å². The highest BCUT2D eigenvalue weighted by atomic mass is 16.3. The summed E-state index contributed by atoms with van der Waals surface area (Å²) in [5, 5.41) is 13.2. The second kappa shape index (κ2) is 7.77. The van der Waals surface area contributed by atoms with Crippen molar-refractivity contribution in [2.24, 2.45) is 5.92 Å². The molecule has 0 radical (unpaired) electrons. The molecule has 3 rings (SSSR count). The van der Waals surface area contributed by atoms with E-state index in [4.69, 9.17) is 0 Å². The Hall–Kier alpha value is -1.92. The molecule has 1 atom stereocenters. The molecule has 2 N–H and O–H groups in total. The van der Waals surface area contributed by atoms with Crippen LogP contribution in [0.1, 0.15) is 24.5 Å². The largest absolute Gasteiger partial charge is 0.388 e. The number of hydrogen-bond acceptors (Lipinski definition) is 4. The van der Waals surface area contributed by atoms with Crippen LogP contribution in [0.25, 0.3) is 0 Å². The van der Waals surface area contributed by atoms with Crippen LogP contribution in [0.5, 0.6) is 0 Å². The molecular weight excluding hydrogens is 306 g/mol. The molecule has 6 nitrogen and oxygen atoms in total. The average molecular weight is 331 g/mol. The topological polar surface area (TPSA) is 72.9 Å². The lowest BCUT2D eigenvalue weighted by Gasteiger charge is -2.35. The molecule has 0 saturated carbocycles. The summed E-state index contributed by atoms with van der Waals surface area (Å²) in [5.41, 5.74) is 0.964. The van der Waals surface area contributed by atoms with Crippen molar-refractivity contribution in [1.82, 2.24) is 15.1 Å². The second-order valence-corrected chi connectivity index (χ2v) is 6.63. The zero-order valence-electron chi connectivity index (χ0n) is 13.9. The van der Waals surface area contributed by atoms with Crippen molar-refractivity contribution < 1.29 is 14.7 Å². The van der Waals surface area contributed by atoms with Gasteiger partial charge in [-0.2, -0.15) is 0 Å². The monoisotopic (exact) mass is 331 g/mol. The number of piperidine rings is 1. The number of hydrogen-bond donors (Lipinski definition) is 2. The van der Waals surface area contributed by atoms with E-state index >= 15 is 0 Å². The van der Waals surface area contributed by atoms with E-state index in [2.05, 4.69) is 10.2 Å². The third kappa shape index (κ3) is 4.13. The number of aliphatic hydroxyl groups excluding tert-OH is 1. The van der Waals surface area contributed by atoms with E-state index in [9.17, 15) is 14.7 Å². The molecule has 1 aromatic rings. The molecule has 2 aliphatic rings. The minimum absolute atomic E-state index is 0.0203. The van der Waals surface area contributed by atoms with Crippen LogP contribution in [-0.4, -0.2) is 66.0 Å². The molecule has 2 heterocycles. The molecule has 2 fully saturated rings. The van der Waals surface area contributed by atoms with E-state index in [1.54, 1.807) is 4.90 Å². The Morgan fingerprint density at radius 3 is 2.58 bits per heavy atom. The lowest BCUT2D eigenvalue weighted by atomic mass is 9.87. The Kier molecular flexibility index (Phi) is 5.48. The fourth-order valence-electron chi connectivity index (χ4n) is 3.49. The van der Waals surface area contributed by atoms with Gasteiger partial charge in [0.05, 0.1) is 19.2 Å². The summed E-state index contributed by atoms with van der Waals surface area (Å²) in [6, 6.07) is 9.76. The Morgan fingerprint density at radius 1 is 1.21 bits per heavy atom. The standard InChI is InChI=1S/C18H25N3O3/c22-16-12-21(11-8-19-16)17(23)13-20-9-6-15(7-10-20)18(24)14-4-2-1-3-5-14/h1-5,15,18,24H,6-13H2,(H,19,22). The predicted octanol–water partition coefficient (Wildman–Crippen LogP) is 0.390. The minimum atomic E-state index is -0.435. The Morgan fingerprint density at radius 2 is 1.92 bits per heavy atom. The van der Waals surface area contributed by atoms with E-state index < -0.39 is 6.10 Å². The number of aliphatic hydroxyl groups is 1. The first-order valence-corrected chi connectivity index (χ1v) is 8.63. The van der Waals surface area contributed by atoms with E-state index in [-0.39, 0.29) is 24.3 Å². The highest BCUT2D eigenvalue weighted by Crippen LogP contribution is 2.30. The SMILES string of the molecule is O=C1CN(C(=O)CN2CCC(C(O)c3ccccc3)CC2)CCN1. The van der Waals surface area contributed by atoms with Crippen molar-refractivity contribution in [2.45, 2.75) is 18.9 Å². The number of rotatable bonds is 4. The Labute approximate surface area is 142 Å². The Balaban J connectivity index is 1.46. The number of benzene rings is 1. The highest BCUT2D eigenvalue weighted by Gasteiger charge is 2.28. The summed E-state index contributed by atoms with van der Waals surface area (Å²) in [6.07, 6.45) is 1.32. The molecule has 0 spiro atoms. The number of carbonyl (C=O) groups is 2. The lowest BCUT2D eigenvalue weighted by molar-refractivity contribution is -0.139. The first kappa shape index (κ1) is 16.9. The van der Waals surface area contributed by atoms with Crippen LogP contribution in [0.2, 0.25) is 0 Å². The fraction of sp³-hybridized carbons (Fsp3) is 0.556. The quantitative estimate of drug-likeness (QED) is 0.837. The van der Waals surface area contributed by atoms with Crippen molar-refractivity contribution in [3.8, 4) is 0 Å². The summed E-state index contributed by atoms with van der Waals surface area (Å²) in [6.45, 7) is 3.27. The first-order chi connectivity index (χ1) is 11.6. The van der Waals surface area contributed by atoms with Gasteiger partial charge >= 0.3 is 0 Å². The summed E-state index contributed by atoms with van der Waals surface area (Å²) in [5.74, 6) is 0.172.